The molecular weight excluding hydrogens is 414 g/mol. The van der Waals surface area contributed by atoms with Crippen LogP contribution in [-0.4, -0.2) is 36.5 Å². The van der Waals surface area contributed by atoms with Gasteiger partial charge in [0.15, 0.2) is 0 Å². The van der Waals surface area contributed by atoms with Crippen molar-refractivity contribution in [1.82, 2.24) is 4.90 Å². The van der Waals surface area contributed by atoms with Gasteiger partial charge in [0, 0.05) is 18.7 Å². The Morgan fingerprint density at radius 3 is 2.23 bits per heavy atom. The molecule has 1 saturated heterocycles. The predicted molar refractivity (Wildman–Crippen MR) is 109 cm³/mol. The van der Waals surface area contributed by atoms with Crippen molar-refractivity contribution in [2.75, 3.05) is 19.7 Å². The molecule has 174 valence electrons. The first-order valence-electron chi connectivity index (χ1n) is 11.1. The highest BCUT2D eigenvalue weighted by Crippen LogP contribution is 2.32. The van der Waals surface area contributed by atoms with E-state index in [4.69, 9.17) is 4.74 Å². The summed E-state index contributed by atoms with van der Waals surface area (Å²) < 4.78 is 57.1. The molecule has 1 aliphatic heterocycles. The minimum atomic E-state index is -4.81. The summed E-state index contributed by atoms with van der Waals surface area (Å²) >= 11 is 0. The summed E-state index contributed by atoms with van der Waals surface area (Å²) in [6, 6.07) is 2.18. The van der Waals surface area contributed by atoms with Crippen LogP contribution in [0.1, 0.15) is 80.6 Å². The Kier molecular flexibility index (Phi) is 9.78. The monoisotopic (exact) mass is 445 g/mol. The van der Waals surface area contributed by atoms with Gasteiger partial charge in [0.1, 0.15) is 5.82 Å². The highest BCUT2D eigenvalue weighted by Gasteiger charge is 2.35. The van der Waals surface area contributed by atoms with Crippen LogP contribution in [0, 0.1) is 11.7 Å². The van der Waals surface area contributed by atoms with Crippen molar-refractivity contribution in [2.45, 2.75) is 70.9 Å². The number of amides is 1. The van der Waals surface area contributed by atoms with E-state index in [1.807, 2.05) is 0 Å². The number of rotatable bonds is 10. The molecule has 0 unspecified atom stereocenters. The number of alkyl halides is 3. The number of hydrogen-bond acceptors (Lipinski definition) is 3. The maximum absolute atomic E-state index is 13.7. The Balaban J connectivity index is 1.72. The van der Waals surface area contributed by atoms with Gasteiger partial charge in [-0.15, -0.1) is 0 Å². The van der Waals surface area contributed by atoms with E-state index in [9.17, 15) is 27.2 Å². The predicted octanol–water partition coefficient (Wildman–Crippen LogP) is 5.99. The first-order valence-corrected chi connectivity index (χ1v) is 11.1. The van der Waals surface area contributed by atoms with Crippen molar-refractivity contribution in [2.24, 2.45) is 5.92 Å². The van der Waals surface area contributed by atoms with Crippen LogP contribution in [-0.2, 0) is 15.7 Å². The van der Waals surface area contributed by atoms with E-state index in [1.165, 1.54) is 30.6 Å². The quantitative estimate of drug-likeness (QED) is 0.252. The molecule has 8 heteroatoms. The van der Waals surface area contributed by atoms with Gasteiger partial charge in [-0.25, -0.2) is 4.39 Å². The molecule has 0 radical (unpaired) electrons. The van der Waals surface area contributed by atoms with Gasteiger partial charge in [-0.1, -0.05) is 45.4 Å². The lowest BCUT2D eigenvalue weighted by Gasteiger charge is -2.31. The van der Waals surface area contributed by atoms with Gasteiger partial charge in [-0.05, 0) is 37.5 Å². The first kappa shape index (κ1) is 25.1. The van der Waals surface area contributed by atoms with E-state index in [0.717, 1.165) is 25.3 Å². The zero-order valence-corrected chi connectivity index (χ0v) is 18.0. The highest BCUT2D eigenvalue weighted by atomic mass is 19.4. The molecule has 1 amide bonds. The molecular formula is C23H31F4NO3. The highest BCUT2D eigenvalue weighted by molar-refractivity contribution is 5.94. The third-order valence-corrected chi connectivity index (χ3v) is 5.63. The topological polar surface area (TPSA) is 46.6 Å². The van der Waals surface area contributed by atoms with Crippen LogP contribution < -0.4 is 0 Å². The molecule has 0 atom stereocenters. The molecule has 1 aromatic carbocycles. The minimum absolute atomic E-state index is 0.134. The molecule has 0 spiro atoms. The standard InChI is InChI=1S/C23H31F4NO3/c1-2-3-4-5-6-7-8-15-31-22(30)17-11-13-28(14-12-17)21(29)18-9-10-19(20(24)16-18)23(25,26)27/h9-10,16-17H,2-8,11-15H2,1H3. The van der Waals surface area contributed by atoms with Gasteiger partial charge in [-0.2, -0.15) is 13.2 Å². The number of ether oxygens (including phenoxy) is 1. The number of likely N-dealkylation sites (tertiary alicyclic amines) is 1. The maximum atomic E-state index is 13.7. The fraction of sp³-hybridized carbons (Fsp3) is 0.652. The summed E-state index contributed by atoms with van der Waals surface area (Å²) in [5.41, 5.74) is -1.53. The van der Waals surface area contributed by atoms with Crippen LogP contribution >= 0.6 is 0 Å². The number of halogens is 4. The zero-order valence-electron chi connectivity index (χ0n) is 18.0. The third kappa shape index (κ3) is 7.82. The van der Waals surface area contributed by atoms with Gasteiger partial charge in [0.05, 0.1) is 18.1 Å². The second-order valence-electron chi connectivity index (χ2n) is 8.05. The summed E-state index contributed by atoms with van der Waals surface area (Å²) in [5.74, 6) is -2.57. The number of piperidine rings is 1. The van der Waals surface area contributed by atoms with Gasteiger partial charge >= 0.3 is 12.1 Å². The van der Waals surface area contributed by atoms with E-state index in [-0.39, 0.29) is 30.5 Å². The Labute approximate surface area is 180 Å². The molecule has 4 nitrogen and oxygen atoms in total. The lowest BCUT2D eigenvalue weighted by molar-refractivity contribution is -0.150. The van der Waals surface area contributed by atoms with E-state index < -0.39 is 23.5 Å². The Hall–Kier alpha value is -2.12. The molecule has 0 bridgehead atoms. The van der Waals surface area contributed by atoms with Crippen molar-refractivity contribution < 1.29 is 31.9 Å². The summed E-state index contributed by atoms with van der Waals surface area (Å²) in [7, 11) is 0. The van der Waals surface area contributed by atoms with Crippen LogP contribution in [0.25, 0.3) is 0 Å². The average molecular weight is 445 g/mol. The maximum Gasteiger partial charge on any atom is 0.419 e. The Morgan fingerprint density at radius 2 is 1.65 bits per heavy atom. The van der Waals surface area contributed by atoms with Gasteiger partial charge in [0.2, 0.25) is 0 Å². The number of hydrogen-bond donors (Lipinski definition) is 0. The van der Waals surface area contributed by atoms with Crippen molar-refractivity contribution >= 4 is 11.9 Å². The molecule has 2 rings (SSSR count). The number of esters is 1. The molecule has 0 aliphatic carbocycles. The number of carbonyl (C=O) groups excluding carboxylic acids is 2. The third-order valence-electron chi connectivity index (χ3n) is 5.63. The molecule has 1 aliphatic rings. The lowest BCUT2D eigenvalue weighted by Crippen LogP contribution is -2.40. The Morgan fingerprint density at radius 1 is 1.03 bits per heavy atom. The normalized spacial score (nSPS) is 15.2. The molecule has 0 saturated carbocycles. The van der Waals surface area contributed by atoms with Gasteiger partial charge in [0.25, 0.3) is 5.91 Å². The van der Waals surface area contributed by atoms with Gasteiger partial charge < -0.3 is 9.64 Å². The SMILES string of the molecule is CCCCCCCCCOC(=O)C1CCN(C(=O)c2ccc(C(F)(F)F)c(F)c2)CC1. The molecule has 1 aromatic rings. The van der Waals surface area contributed by atoms with E-state index in [0.29, 0.717) is 31.6 Å². The molecule has 31 heavy (non-hydrogen) atoms. The molecule has 0 aromatic heterocycles. The molecule has 1 fully saturated rings. The smallest absolute Gasteiger partial charge is 0.419 e. The van der Waals surface area contributed by atoms with Crippen LogP contribution in [0.5, 0.6) is 0 Å². The summed E-state index contributed by atoms with van der Waals surface area (Å²) in [6.45, 7) is 3.13. The van der Waals surface area contributed by atoms with Crippen LogP contribution in [0.4, 0.5) is 17.6 Å². The fourth-order valence-corrected chi connectivity index (χ4v) is 3.73. The van der Waals surface area contributed by atoms with Crippen LogP contribution in [0.2, 0.25) is 0 Å². The second-order valence-corrected chi connectivity index (χ2v) is 8.05. The average Bonchev–Trinajstić information content (AvgIpc) is 2.74. The summed E-state index contributed by atoms with van der Waals surface area (Å²) in [4.78, 5) is 26.1. The van der Waals surface area contributed by atoms with Crippen molar-refractivity contribution in [3.8, 4) is 0 Å². The number of unbranched alkanes of at least 4 members (excludes halogenated alkanes) is 6. The van der Waals surface area contributed by atoms with Gasteiger partial charge in [-0.3, -0.25) is 9.59 Å². The second kappa shape index (κ2) is 12.1. The zero-order chi connectivity index (χ0) is 22.9. The van der Waals surface area contributed by atoms with E-state index in [1.54, 1.807) is 0 Å². The first-order chi connectivity index (χ1) is 14.7. The number of nitrogens with zero attached hydrogens (tertiary/aromatic N) is 1. The van der Waals surface area contributed by atoms with Crippen LogP contribution in [0.15, 0.2) is 18.2 Å². The minimum Gasteiger partial charge on any atom is -0.465 e. The number of benzene rings is 1. The van der Waals surface area contributed by atoms with Crippen LogP contribution in [0.3, 0.4) is 0 Å². The van der Waals surface area contributed by atoms with Crippen molar-refractivity contribution in [3.05, 3.63) is 35.1 Å². The van der Waals surface area contributed by atoms with Crippen molar-refractivity contribution in [1.29, 1.82) is 0 Å². The Bertz CT molecular complexity index is 728. The lowest BCUT2D eigenvalue weighted by atomic mass is 9.96. The van der Waals surface area contributed by atoms with E-state index in [2.05, 4.69) is 6.92 Å². The molecule has 0 N–H and O–H groups in total. The molecule has 1 heterocycles. The fourth-order valence-electron chi connectivity index (χ4n) is 3.73. The van der Waals surface area contributed by atoms with E-state index >= 15 is 0 Å². The summed E-state index contributed by atoms with van der Waals surface area (Å²) in [6.07, 6.45) is 3.97. The largest absolute Gasteiger partial charge is 0.465 e. The summed E-state index contributed by atoms with van der Waals surface area (Å²) in [5, 5.41) is 0. The van der Waals surface area contributed by atoms with Crippen molar-refractivity contribution in [3.63, 3.8) is 0 Å². The number of carbonyl (C=O) groups is 2.